The number of carbonyl (C=O) groups is 3. The van der Waals surface area contributed by atoms with Gasteiger partial charge < -0.3 is 4.98 Å². The molecule has 9 heteroatoms. The number of ketones is 1. The summed E-state index contributed by atoms with van der Waals surface area (Å²) in [5.74, 6) is -0.951. The lowest BCUT2D eigenvalue weighted by Crippen LogP contribution is -2.42. The molecular formula is C26H26N6O3. The lowest BCUT2D eigenvalue weighted by atomic mass is 10.0. The van der Waals surface area contributed by atoms with Gasteiger partial charge in [0.05, 0.1) is 5.69 Å². The first-order valence-corrected chi connectivity index (χ1v) is 11.3. The molecule has 0 unspecified atom stereocenters. The van der Waals surface area contributed by atoms with Crippen LogP contribution in [0.1, 0.15) is 63.0 Å². The molecule has 2 heterocycles. The van der Waals surface area contributed by atoms with Gasteiger partial charge in [0.25, 0.3) is 5.91 Å². The van der Waals surface area contributed by atoms with E-state index in [2.05, 4.69) is 25.9 Å². The lowest BCUT2D eigenvalue weighted by molar-refractivity contribution is 0.0838. The zero-order valence-corrected chi connectivity index (χ0v) is 19.8. The molecule has 0 spiro atoms. The van der Waals surface area contributed by atoms with E-state index < -0.39 is 11.8 Å². The molecule has 35 heavy (non-hydrogen) atoms. The van der Waals surface area contributed by atoms with Gasteiger partial charge in [0, 0.05) is 16.8 Å². The van der Waals surface area contributed by atoms with Crippen LogP contribution in [0.2, 0.25) is 0 Å². The van der Waals surface area contributed by atoms with E-state index in [9.17, 15) is 14.4 Å². The van der Waals surface area contributed by atoms with Gasteiger partial charge in [0.2, 0.25) is 5.82 Å². The van der Waals surface area contributed by atoms with E-state index in [0.29, 0.717) is 29.1 Å². The molecule has 0 aliphatic rings. The van der Waals surface area contributed by atoms with Crippen molar-refractivity contribution in [2.24, 2.45) is 0 Å². The molecule has 0 fully saturated rings. The number of hydrazine groups is 1. The quantitative estimate of drug-likeness (QED) is 0.280. The Morgan fingerprint density at radius 1 is 0.943 bits per heavy atom. The average molecular weight is 471 g/mol. The number of aryl methyl sites for hydroxylation is 1. The van der Waals surface area contributed by atoms with Gasteiger partial charge in [-0.15, -0.1) is 5.10 Å². The topological polar surface area (TPSA) is 122 Å². The van der Waals surface area contributed by atoms with Crippen LogP contribution in [0, 0.1) is 6.92 Å². The second-order valence-electron chi connectivity index (χ2n) is 8.07. The molecular weight excluding hydrogens is 444 g/mol. The summed E-state index contributed by atoms with van der Waals surface area (Å²) < 4.78 is 1.58. The molecule has 0 aliphatic heterocycles. The maximum Gasteiger partial charge on any atom is 0.309 e. The summed E-state index contributed by atoms with van der Waals surface area (Å²) in [5, 5.41) is 4.39. The summed E-state index contributed by atoms with van der Waals surface area (Å²) in [6, 6.07) is 18.7. The third-order valence-corrected chi connectivity index (χ3v) is 5.50. The number of amides is 2. The van der Waals surface area contributed by atoms with Gasteiger partial charge in [0.1, 0.15) is 5.69 Å². The smallest absolute Gasteiger partial charge is 0.309 e. The molecule has 2 aromatic carbocycles. The van der Waals surface area contributed by atoms with Crippen molar-refractivity contribution in [1.29, 1.82) is 0 Å². The van der Waals surface area contributed by atoms with Crippen LogP contribution < -0.4 is 10.9 Å². The van der Waals surface area contributed by atoms with Crippen molar-refractivity contribution < 1.29 is 14.4 Å². The monoisotopic (exact) mass is 470 g/mol. The molecule has 0 saturated carbocycles. The first kappa shape index (κ1) is 23.6. The normalized spacial score (nSPS) is 10.7. The first-order chi connectivity index (χ1) is 16.9. The molecule has 178 valence electrons. The maximum atomic E-state index is 12.9. The molecule has 0 atom stereocenters. The SMILES string of the molecule is CCCc1c(C(=O)NNC(=O)c2nc(-c3ccccc3)n(-c3ccccc3)n2)[nH]c(C)c1C(C)=O. The summed E-state index contributed by atoms with van der Waals surface area (Å²) in [4.78, 5) is 45.2. The molecule has 4 aromatic rings. The van der Waals surface area contributed by atoms with E-state index in [1.165, 1.54) is 6.92 Å². The highest BCUT2D eigenvalue weighted by molar-refractivity contribution is 6.03. The standard InChI is InChI=1S/C26H26N6O3/c1-4-11-20-21(17(3)33)16(2)27-22(20)25(34)29-30-26(35)23-28-24(18-12-7-5-8-13-18)32(31-23)19-14-9-6-10-15-19/h5-10,12-15,27H,4,11H2,1-3H3,(H,29,34)(H,30,35). The summed E-state index contributed by atoms with van der Waals surface area (Å²) in [6.45, 7) is 5.18. The summed E-state index contributed by atoms with van der Waals surface area (Å²) in [7, 11) is 0. The van der Waals surface area contributed by atoms with Crippen molar-refractivity contribution in [2.75, 3.05) is 0 Å². The number of aromatic amines is 1. The zero-order valence-electron chi connectivity index (χ0n) is 19.8. The number of para-hydroxylation sites is 1. The number of benzene rings is 2. The van der Waals surface area contributed by atoms with Crippen molar-refractivity contribution in [3.05, 3.63) is 89.0 Å². The number of H-pyrrole nitrogens is 1. The van der Waals surface area contributed by atoms with Crippen molar-refractivity contribution >= 4 is 17.6 Å². The largest absolute Gasteiger partial charge is 0.354 e. The Bertz CT molecular complexity index is 1320. The number of hydrogen-bond donors (Lipinski definition) is 3. The minimum atomic E-state index is -0.669. The fraction of sp³-hybridized carbons (Fsp3) is 0.192. The summed E-state index contributed by atoms with van der Waals surface area (Å²) in [6.07, 6.45) is 1.31. The number of hydrogen-bond acceptors (Lipinski definition) is 5. The van der Waals surface area contributed by atoms with Crippen LogP contribution in [0.15, 0.2) is 60.7 Å². The molecule has 4 rings (SSSR count). The Morgan fingerprint density at radius 3 is 2.20 bits per heavy atom. The van der Waals surface area contributed by atoms with Crippen molar-refractivity contribution in [2.45, 2.75) is 33.6 Å². The molecule has 3 N–H and O–H groups in total. The minimum Gasteiger partial charge on any atom is -0.354 e. The van der Waals surface area contributed by atoms with E-state index in [4.69, 9.17) is 0 Å². The highest BCUT2D eigenvalue weighted by Crippen LogP contribution is 2.22. The number of carbonyl (C=O) groups excluding carboxylic acids is 3. The molecule has 0 bridgehead atoms. The number of aromatic nitrogens is 4. The van der Waals surface area contributed by atoms with Crippen molar-refractivity contribution in [3.8, 4) is 17.1 Å². The number of nitrogens with zero attached hydrogens (tertiary/aromatic N) is 3. The van der Waals surface area contributed by atoms with Crippen LogP contribution >= 0.6 is 0 Å². The fourth-order valence-corrected chi connectivity index (χ4v) is 4.01. The number of nitrogens with one attached hydrogen (secondary N) is 3. The van der Waals surface area contributed by atoms with Crippen LogP contribution in [-0.2, 0) is 6.42 Å². The fourth-order valence-electron chi connectivity index (χ4n) is 4.01. The van der Waals surface area contributed by atoms with E-state index in [1.54, 1.807) is 11.6 Å². The van der Waals surface area contributed by atoms with Crippen LogP contribution in [0.5, 0.6) is 0 Å². The van der Waals surface area contributed by atoms with Gasteiger partial charge in [-0.2, -0.15) is 0 Å². The second kappa shape index (κ2) is 10.2. The Morgan fingerprint density at radius 2 is 1.57 bits per heavy atom. The van der Waals surface area contributed by atoms with Crippen LogP contribution in [0.25, 0.3) is 17.1 Å². The van der Waals surface area contributed by atoms with Gasteiger partial charge >= 0.3 is 5.91 Å². The van der Waals surface area contributed by atoms with Gasteiger partial charge in [-0.1, -0.05) is 61.9 Å². The van der Waals surface area contributed by atoms with Crippen LogP contribution in [-0.4, -0.2) is 37.3 Å². The van der Waals surface area contributed by atoms with Gasteiger partial charge in [-0.3, -0.25) is 25.2 Å². The number of rotatable bonds is 7. The Balaban J connectivity index is 1.59. The number of Topliss-reactive ketones (excluding diaryl/α,β-unsaturated/α-hetero) is 1. The second-order valence-corrected chi connectivity index (χ2v) is 8.07. The third kappa shape index (κ3) is 4.89. The maximum absolute atomic E-state index is 12.9. The average Bonchev–Trinajstić information content (AvgIpc) is 3.45. The van der Waals surface area contributed by atoms with Crippen LogP contribution in [0.3, 0.4) is 0 Å². The van der Waals surface area contributed by atoms with Gasteiger partial charge in [-0.25, -0.2) is 9.67 Å². The third-order valence-electron chi connectivity index (χ3n) is 5.50. The predicted octanol–water partition coefficient (Wildman–Crippen LogP) is 3.80. The predicted molar refractivity (Wildman–Crippen MR) is 131 cm³/mol. The molecule has 0 saturated heterocycles. The molecule has 0 radical (unpaired) electrons. The Kier molecular flexibility index (Phi) is 6.86. The summed E-state index contributed by atoms with van der Waals surface area (Å²) in [5.41, 5.74) is 8.35. The molecule has 2 aromatic heterocycles. The molecule has 9 nitrogen and oxygen atoms in total. The highest BCUT2D eigenvalue weighted by Gasteiger charge is 2.24. The van der Waals surface area contributed by atoms with Crippen LogP contribution in [0.4, 0.5) is 0 Å². The van der Waals surface area contributed by atoms with E-state index in [0.717, 1.165) is 17.7 Å². The van der Waals surface area contributed by atoms with Gasteiger partial charge in [0.15, 0.2) is 11.6 Å². The van der Waals surface area contributed by atoms with Crippen molar-refractivity contribution in [3.63, 3.8) is 0 Å². The first-order valence-electron chi connectivity index (χ1n) is 11.3. The minimum absolute atomic E-state index is 0.103. The lowest BCUT2D eigenvalue weighted by Gasteiger charge is -2.07. The zero-order chi connectivity index (χ0) is 24.9. The highest BCUT2D eigenvalue weighted by atomic mass is 16.2. The molecule has 2 amide bonds. The van der Waals surface area contributed by atoms with Crippen molar-refractivity contribution in [1.82, 2.24) is 30.6 Å². The van der Waals surface area contributed by atoms with E-state index in [-0.39, 0.29) is 17.3 Å². The van der Waals surface area contributed by atoms with E-state index >= 15 is 0 Å². The molecule has 0 aliphatic carbocycles. The summed E-state index contributed by atoms with van der Waals surface area (Å²) >= 11 is 0. The Labute approximate surface area is 202 Å². The van der Waals surface area contributed by atoms with E-state index in [1.807, 2.05) is 67.6 Å². The Hall–Kier alpha value is -4.53. The van der Waals surface area contributed by atoms with Gasteiger partial charge in [-0.05, 0) is 38.0 Å².